The maximum Gasteiger partial charge on any atom is 0.336 e. The molecule has 5 nitrogen and oxygen atoms in total. The van der Waals surface area contributed by atoms with Crippen molar-refractivity contribution in [3.63, 3.8) is 0 Å². The van der Waals surface area contributed by atoms with E-state index in [1.165, 1.54) is 12.5 Å². The molecule has 2 aromatic rings. The maximum atomic E-state index is 12.2. The number of aryl methyl sites for hydroxylation is 2. The average molecular weight is 343 g/mol. The SMILES string of the molecule is Cc1cc(=O)oc2c(C)c(OCC(=O)NC3CCCCC3C)ccc12. The normalized spacial score (nSPS) is 20.4. The maximum absolute atomic E-state index is 12.2. The van der Waals surface area contributed by atoms with Crippen LogP contribution in [-0.4, -0.2) is 18.6 Å². The number of benzene rings is 1. The predicted molar refractivity (Wildman–Crippen MR) is 97.0 cm³/mol. The van der Waals surface area contributed by atoms with Crippen LogP contribution in [-0.2, 0) is 4.79 Å². The Morgan fingerprint density at radius 3 is 2.80 bits per heavy atom. The Bertz CT molecular complexity index is 839. The largest absolute Gasteiger partial charge is 0.483 e. The summed E-state index contributed by atoms with van der Waals surface area (Å²) in [6.45, 7) is 5.85. The van der Waals surface area contributed by atoms with Crippen molar-refractivity contribution in [3.05, 3.63) is 39.7 Å². The molecule has 2 unspecified atom stereocenters. The Kier molecular flexibility index (Phi) is 5.11. The molecule has 5 heteroatoms. The number of hydrogen-bond donors (Lipinski definition) is 1. The van der Waals surface area contributed by atoms with Crippen LogP contribution < -0.4 is 15.7 Å². The summed E-state index contributed by atoms with van der Waals surface area (Å²) in [6.07, 6.45) is 4.60. The van der Waals surface area contributed by atoms with E-state index in [9.17, 15) is 9.59 Å². The third-order valence-corrected chi connectivity index (χ3v) is 5.13. The van der Waals surface area contributed by atoms with Gasteiger partial charge in [0.1, 0.15) is 11.3 Å². The average Bonchev–Trinajstić information content (AvgIpc) is 2.57. The van der Waals surface area contributed by atoms with E-state index in [-0.39, 0.29) is 24.2 Å². The number of amides is 1. The summed E-state index contributed by atoms with van der Waals surface area (Å²) < 4.78 is 11.0. The third-order valence-electron chi connectivity index (χ3n) is 5.13. The molecule has 0 spiro atoms. The minimum absolute atomic E-state index is 0.0361. The molecule has 25 heavy (non-hydrogen) atoms. The first-order chi connectivity index (χ1) is 12.0. The van der Waals surface area contributed by atoms with E-state index >= 15 is 0 Å². The zero-order chi connectivity index (χ0) is 18.0. The number of carbonyl (C=O) groups is 1. The van der Waals surface area contributed by atoms with Crippen LogP contribution in [0.2, 0.25) is 0 Å². The molecule has 1 fully saturated rings. The van der Waals surface area contributed by atoms with Crippen LogP contribution in [0.15, 0.2) is 27.4 Å². The van der Waals surface area contributed by atoms with Crippen molar-refractivity contribution >= 4 is 16.9 Å². The molecule has 0 aliphatic heterocycles. The predicted octanol–water partition coefficient (Wildman–Crippen LogP) is 3.48. The van der Waals surface area contributed by atoms with Gasteiger partial charge in [0.15, 0.2) is 6.61 Å². The van der Waals surface area contributed by atoms with Gasteiger partial charge in [0.2, 0.25) is 0 Å². The summed E-state index contributed by atoms with van der Waals surface area (Å²) in [6, 6.07) is 5.39. The Hall–Kier alpha value is -2.30. The molecule has 1 heterocycles. The standard InChI is InChI=1S/C20H25NO4/c1-12-6-4-5-7-16(12)21-18(22)11-24-17-9-8-15-13(2)10-19(23)25-20(15)14(17)3/h8-10,12,16H,4-7,11H2,1-3H3,(H,21,22). The van der Waals surface area contributed by atoms with Gasteiger partial charge in [-0.15, -0.1) is 0 Å². The lowest BCUT2D eigenvalue weighted by atomic mass is 9.86. The van der Waals surface area contributed by atoms with Crippen LogP contribution in [0.4, 0.5) is 0 Å². The number of nitrogens with one attached hydrogen (secondary N) is 1. The van der Waals surface area contributed by atoms with E-state index in [1.807, 2.05) is 26.0 Å². The van der Waals surface area contributed by atoms with E-state index in [2.05, 4.69) is 12.2 Å². The smallest absolute Gasteiger partial charge is 0.336 e. The van der Waals surface area contributed by atoms with E-state index in [0.717, 1.165) is 35.8 Å². The lowest BCUT2D eigenvalue weighted by Gasteiger charge is -2.29. The Morgan fingerprint density at radius 2 is 2.04 bits per heavy atom. The van der Waals surface area contributed by atoms with E-state index < -0.39 is 0 Å². The monoisotopic (exact) mass is 343 g/mol. The minimum Gasteiger partial charge on any atom is -0.483 e. The highest BCUT2D eigenvalue weighted by molar-refractivity contribution is 5.85. The summed E-state index contributed by atoms with van der Waals surface area (Å²) in [5.41, 5.74) is 1.74. The summed E-state index contributed by atoms with van der Waals surface area (Å²) in [4.78, 5) is 23.8. The van der Waals surface area contributed by atoms with Gasteiger partial charge in [-0.3, -0.25) is 4.79 Å². The molecule has 0 radical (unpaired) electrons. The van der Waals surface area contributed by atoms with Gasteiger partial charge in [-0.2, -0.15) is 0 Å². The third kappa shape index (κ3) is 3.86. The number of carbonyl (C=O) groups excluding carboxylic acids is 1. The van der Waals surface area contributed by atoms with Crippen LogP contribution >= 0.6 is 0 Å². The van der Waals surface area contributed by atoms with E-state index in [1.54, 1.807) is 0 Å². The topological polar surface area (TPSA) is 68.5 Å². The van der Waals surface area contributed by atoms with Crippen molar-refractivity contribution in [2.75, 3.05) is 6.61 Å². The fourth-order valence-corrected chi connectivity index (χ4v) is 3.58. The Labute approximate surface area is 147 Å². The van der Waals surface area contributed by atoms with E-state index in [0.29, 0.717) is 17.3 Å². The van der Waals surface area contributed by atoms with Gasteiger partial charge >= 0.3 is 5.63 Å². The van der Waals surface area contributed by atoms with Gasteiger partial charge < -0.3 is 14.5 Å². The second kappa shape index (κ2) is 7.30. The fraction of sp³-hybridized carbons (Fsp3) is 0.500. The zero-order valence-corrected chi connectivity index (χ0v) is 15.1. The van der Waals surface area contributed by atoms with Crippen LogP contribution in [0.3, 0.4) is 0 Å². The van der Waals surface area contributed by atoms with Gasteiger partial charge in [-0.25, -0.2) is 4.79 Å². The van der Waals surface area contributed by atoms with Crippen LogP contribution in [0.25, 0.3) is 11.0 Å². The molecular formula is C20H25NO4. The van der Waals surface area contributed by atoms with Crippen molar-refractivity contribution in [1.29, 1.82) is 0 Å². The number of ether oxygens (including phenoxy) is 1. The van der Waals surface area contributed by atoms with Crippen LogP contribution in [0.1, 0.15) is 43.7 Å². The van der Waals surface area contributed by atoms with Gasteiger partial charge in [0.25, 0.3) is 5.91 Å². The summed E-state index contributed by atoms with van der Waals surface area (Å²) in [7, 11) is 0. The van der Waals surface area contributed by atoms with Crippen molar-refractivity contribution in [1.82, 2.24) is 5.32 Å². The highest BCUT2D eigenvalue weighted by Gasteiger charge is 2.23. The van der Waals surface area contributed by atoms with Gasteiger partial charge in [-0.1, -0.05) is 19.8 Å². The molecule has 1 aromatic heterocycles. The van der Waals surface area contributed by atoms with Crippen LogP contribution in [0, 0.1) is 19.8 Å². The van der Waals surface area contributed by atoms with Crippen molar-refractivity contribution in [2.24, 2.45) is 5.92 Å². The molecule has 0 bridgehead atoms. The highest BCUT2D eigenvalue weighted by Crippen LogP contribution is 2.28. The minimum atomic E-state index is -0.380. The second-order valence-electron chi connectivity index (χ2n) is 7.04. The second-order valence-corrected chi connectivity index (χ2v) is 7.04. The quantitative estimate of drug-likeness (QED) is 0.863. The molecule has 2 atom stereocenters. The molecule has 1 amide bonds. The summed E-state index contributed by atoms with van der Waals surface area (Å²) in [5, 5.41) is 3.96. The van der Waals surface area contributed by atoms with Crippen LogP contribution in [0.5, 0.6) is 5.75 Å². The molecule has 1 N–H and O–H groups in total. The van der Waals surface area contributed by atoms with E-state index in [4.69, 9.17) is 9.15 Å². The first-order valence-electron chi connectivity index (χ1n) is 8.92. The Balaban J connectivity index is 1.69. The lowest BCUT2D eigenvalue weighted by Crippen LogP contribution is -2.43. The van der Waals surface area contributed by atoms with Gasteiger partial charge in [0.05, 0.1) is 0 Å². The lowest BCUT2D eigenvalue weighted by molar-refractivity contribution is -0.124. The Morgan fingerprint density at radius 1 is 1.28 bits per heavy atom. The summed E-state index contributed by atoms with van der Waals surface area (Å²) in [5.74, 6) is 0.967. The molecule has 3 rings (SSSR count). The molecule has 134 valence electrons. The molecule has 1 aromatic carbocycles. The van der Waals surface area contributed by atoms with Gasteiger partial charge in [-0.05, 0) is 50.3 Å². The zero-order valence-electron chi connectivity index (χ0n) is 15.1. The number of hydrogen-bond acceptors (Lipinski definition) is 4. The fourth-order valence-electron chi connectivity index (χ4n) is 3.58. The van der Waals surface area contributed by atoms with Crippen molar-refractivity contribution in [3.8, 4) is 5.75 Å². The van der Waals surface area contributed by atoms with Crippen molar-refractivity contribution < 1.29 is 13.9 Å². The molecule has 1 saturated carbocycles. The summed E-state index contributed by atoms with van der Waals surface area (Å²) >= 11 is 0. The van der Waals surface area contributed by atoms with Crippen molar-refractivity contribution in [2.45, 2.75) is 52.5 Å². The molecule has 1 aliphatic carbocycles. The molecule has 1 aliphatic rings. The van der Waals surface area contributed by atoms with Gasteiger partial charge in [0, 0.05) is 23.1 Å². The number of fused-ring (bicyclic) bond motifs is 1. The molecular weight excluding hydrogens is 318 g/mol. The molecule has 0 saturated heterocycles. The highest BCUT2D eigenvalue weighted by atomic mass is 16.5. The first-order valence-corrected chi connectivity index (χ1v) is 8.92. The first kappa shape index (κ1) is 17.5. The number of rotatable bonds is 4.